The van der Waals surface area contributed by atoms with E-state index in [0.717, 1.165) is 47.7 Å². The van der Waals surface area contributed by atoms with Crippen LogP contribution in [0.1, 0.15) is 29.8 Å². The predicted molar refractivity (Wildman–Crippen MR) is 137 cm³/mol. The lowest BCUT2D eigenvalue weighted by molar-refractivity contribution is -0.117. The second-order valence-electron chi connectivity index (χ2n) is 9.25. The molecule has 2 N–H and O–H groups in total. The van der Waals surface area contributed by atoms with Gasteiger partial charge in [-0.2, -0.15) is 5.10 Å². The molecule has 1 saturated heterocycles. The van der Waals surface area contributed by atoms with Gasteiger partial charge in [0.15, 0.2) is 0 Å². The standard InChI is InChI=1S/C26H33N5O3S/c1-19-11-13-24(14-12-19)35(33,34)27-16-22-8-7-15-30(17-22)18-25(32)28-26-20(2)29-31(21(26)3)23-9-5-4-6-10-23/h4-6,9-14,22,27H,7-8,15-18H2,1-3H3,(H,28,32). The van der Waals surface area contributed by atoms with Crippen LogP contribution in [0, 0.1) is 26.7 Å². The largest absolute Gasteiger partial charge is 0.322 e. The van der Waals surface area contributed by atoms with Crippen molar-refractivity contribution in [1.29, 1.82) is 0 Å². The minimum atomic E-state index is -3.54. The zero-order valence-corrected chi connectivity index (χ0v) is 21.3. The number of carbonyl (C=O) groups is 1. The predicted octanol–water partition coefficient (Wildman–Crippen LogP) is 3.43. The van der Waals surface area contributed by atoms with E-state index in [0.29, 0.717) is 13.1 Å². The lowest BCUT2D eigenvalue weighted by Gasteiger charge is -2.32. The molecule has 1 aromatic heterocycles. The normalized spacial score (nSPS) is 16.8. The second kappa shape index (κ2) is 10.7. The first-order valence-electron chi connectivity index (χ1n) is 11.9. The van der Waals surface area contributed by atoms with Crippen molar-refractivity contribution in [2.24, 2.45) is 5.92 Å². The zero-order valence-electron chi connectivity index (χ0n) is 20.5. The van der Waals surface area contributed by atoms with Crippen LogP contribution in [0.15, 0.2) is 59.5 Å². The van der Waals surface area contributed by atoms with Crippen LogP contribution in [0.5, 0.6) is 0 Å². The number of rotatable bonds is 8. The van der Waals surface area contributed by atoms with Crippen molar-refractivity contribution in [1.82, 2.24) is 19.4 Å². The van der Waals surface area contributed by atoms with E-state index in [9.17, 15) is 13.2 Å². The third-order valence-electron chi connectivity index (χ3n) is 6.42. The second-order valence-corrected chi connectivity index (χ2v) is 11.0. The molecule has 0 spiro atoms. The number of para-hydroxylation sites is 1. The molecule has 1 amide bonds. The van der Waals surface area contributed by atoms with Crippen molar-refractivity contribution in [3.63, 3.8) is 0 Å². The number of aromatic nitrogens is 2. The number of hydrogen-bond donors (Lipinski definition) is 2. The Bertz CT molecular complexity index is 1270. The Kier molecular flexibility index (Phi) is 7.69. The molecule has 1 aliphatic rings. The Morgan fingerprint density at radius 1 is 1.06 bits per heavy atom. The maximum atomic E-state index is 12.9. The lowest BCUT2D eigenvalue weighted by Crippen LogP contribution is -2.43. The van der Waals surface area contributed by atoms with Crippen LogP contribution < -0.4 is 10.0 Å². The maximum Gasteiger partial charge on any atom is 0.240 e. The average molecular weight is 496 g/mol. The van der Waals surface area contributed by atoms with E-state index < -0.39 is 10.0 Å². The van der Waals surface area contributed by atoms with Gasteiger partial charge in [-0.25, -0.2) is 17.8 Å². The fourth-order valence-corrected chi connectivity index (χ4v) is 5.63. The van der Waals surface area contributed by atoms with Gasteiger partial charge in [-0.15, -0.1) is 0 Å². The van der Waals surface area contributed by atoms with E-state index in [1.165, 1.54) is 0 Å². The van der Waals surface area contributed by atoms with Crippen molar-refractivity contribution in [2.75, 3.05) is 31.5 Å². The number of aryl methyl sites for hydroxylation is 2. The SMILES string of the molecule is Cc1ccc(S(=O)(=O)NCC2CCCN(CC(=O)Nc3c(C)nn(-c4ccccc4)c3C)C2)cc1. The molecule has 2 aromatic carbocycles. The molecule has 3 aromatic rings. The first-order valence-corrected chi connectivity index (χ1v) is 13.4. The Morgan fingerprint density at radius 3 is 2.49 bits per heavy atom. The van der Waals surface area contributed by atoms with Crippen molar-refractivity contribution < 1.29 is 13.2 Å². The molecule has 186 valence electrons. The van der Waals surface area contributed by atoms with Gasteiger partial charge >= 0.3 is 0 Å². The molecule has 1 fully saturated rings. The number of likely N-dealkylation sites (tertiary alicyclic amines) is 1. The summed E-state index contributed by atoms with van der Waals surface area (Å²) in [6, 6.07) is 16.7. The van der Waals surface area contributed by atoms with Gasteiger partial charge in [-0.05, 0) is 70.3 Å². The fraction of sp³-hybridized carbons (Fsp3) is 0.385. The van der Waals surface area contributed by atoms with Crippen LogP contribution >= 0.6 is 0 Å². The molecule has 9 heteroatoms. The molecule has 8 nitrogen and oxygen atoms in total. The Labute approximate surface area is 207 Å². The van der Waals surface area contributed by atoms with E-state index >= 15 is 0 Å². The number of nitrogens with zero attached hydrogens (tertiary/aromatic N) is 3. The molecule has 0 aliphatic carbocycles. The first-order chi connectivity index (χ1) is 16.7. The van der Waals surface area contributed by atoms with Crippen molar-refractivity contribution in [2.45, 2.75) is 38.5 Å². The molecule has 0 radical (unpaired) electrons. The Balaban J connectivity index is 1.33. The molecule has 35 heavy (non-hydrogen) atoms. The van der Waals surface area contributed by atoms with Crippen molar-refractivity contribution >= 4 is 21.6 Å². The van der Waals surface area contributed by atoms with E-state index in [-0.39, 0.29) is 23.3 Å². The molecule has 4 rings (SSSR count). The molecule has 1 unspecified atom stereocenters. The lowest BCUT2D eigenvalue weighted by atomic mass is 9.98. The topological polar surface area (TPSA) is 96.3 Å². The number of hydrogen-bond acceptors (Lipinski definition) is 5. The Hall–Kier alpha value is -3.01. The van der Waals surface area contributed by atoms with Crippen LogP contribution in [-0.4, -0.2) is 55.2 Å². The highest BCUT2D eigenvalue weighted by Crippen LogP contribution is 2.23. The third-order valence-corrected chi connectivity index (χ3v) is 7.86. The monoisotopic (exact) mass is 495 g/mol. The number of nitrogens with one attached hydrogen (secondary N) is 2. The molecule has 1 atom stereocenters. The van der Waals surface area contributed by atoms with Crippen molar-refractivity contribution in [3.05, 3.63) is 71.5 Å². The van der Waals surface area contributed by atoms with Gasteiger partial charge in [0.1, 0.15) is 0 Å². The molecule has 0 saturated carbocycles. The van der Waals surface area contributed by atoms with E-state index in [1.54, 1.807) is 24.3 Å². The van der Waals surface area contributed by atoms with Crippen molar-refractivity contribution in [3.8, 4) is 5.69 Å². The summed E-state index contributed by atoms with van der Waals surface area (Å²) in [6.07, 6.45) is 1.85. The van der Waals surface area contributed by atoms with E-state index in [4.69, 9.17) is 0 Å². The number of anilines is 1. The summed E-state index contributed by atoms with van der Waals surface area (Å²) in [5.74, 6) is 0.0609. The van der Waals surface area contributed by atoms with Gasteiger partial charge in [-0.1, -0.05) is 35.9 Å². The number of amides is 1. The Morgan fingerprint density at radius 2 is 1.77 bits per heavy atom. The van der Waals surface area contributed by atoms with Gasteiger partial charge in [0.25, 0.3) is 0 Å². The van der Waals surface area contributed by atoms with Gasteiger partial charge in [0, 0.05) is 13.1 Å². The summed E-state index contributed by atoms with van der Waals surface area (Å²) in [7, 11) is -3.54. The number of piperidine rings is 1. The van der Waals surface area contributed by atoms with E-state index in [1.807, 2.05) is 55.8 Å². The summed E-state index contributed by atoms with van der Waals surface area (Å²) < 4.78 is 29.8. The highest BCUT2D eigenvalue weighted by Gasteiger charge is 2.24. The molecular weight excluding hydrogens is 462 g/mol. The first kappa shape index (κ1) is 25.1. The number of sulfonamides is 1. The average Bonchev–Trinajstić information content (AvgIpc) is 3.12. The third kappa shape index (κ3) is 6.17. The number of carbonyl (C=O) groups excluding carboxylic acids is 1. The van der Waals surface area contributed by atoms with Crippen LogP contribution in [0.3, 0.4) is 0 Å². The molecule has 0 bridgehead atoms. The molecular formula is C26H33N5O3S. The van der Waals surface area contributed by atoms with Crippen LogP contribution in [0.25, 0.3) is 5.69 Å². The van der Waals surface area contributed by atoms with Gasteiger partial charge in [0.05, 0.1) is 34.2 Å². The minimum absolute atomic E-state index is 0.0929. The summed E-state index contributed by atoms with van der Waals surface area (Å²) in [6.45, 7) is 7.86. The van der Waals surface area contributed by atoms with Crippen LogP contribution in [0.4, 0.5) is 5.69 Å². The fourth-order valence-electron chi connectivity index (χ4n) is 4.52. The van der Waals surface area contributed by atoms with Gasteiger partial charge < -0.3 is 5.32 Å². The highest BCUT2D eigenvalue weighted by atomic mass is 32.2. The van der Waals surface area contributed by atoms with Crippen LogP contribution in [0.2, 0.25) is 0 Å². The molecule has 2 heterocycles. The van der Waals surface area contributed by atoms with Gasteiger partial charge in [0.2, 0.25) is 15.9 Å². The molecule has 1 aliphatic heterocycles. The highest BCUT2D eigenvalue weighted by molar-refractivity contribution is 7.89. The summed E-state index contributed by atoms with van der Waals surface area (Å²) in [5, 5.41) is 7.63. The minimum Gasteiger partial charge on any atom is -0.322 e. The van der Waals surface area contributed by atoms with Gasteiger partial charge in [-0.3, -0.25) is 9.69 Å². The summed E-state index contributed by atoms with van der Waals surface area (Å²) >= 11 is 0. The zero-order chi connectivity index (χ0) is 25.0. The summed E-state index contributed by atoms with van der Waals surface area (Å²) in [5.41, 5.74) is 4.34. The number of benzene rings is 2. The smallest absolute Gasteiger partial charge is 0.240 e. The van der Waals surface area contributed by atoms with E-state index in [2.05, 4.69) is 20.0 Å². The maximum absolute atomic E-state index is 12.9. The van der Waals surface area contributed by atoms with Crippen LogP contribution in [-0.2, 0) is 14.8 Å². The quantitative estimate of drug-likeness (QED) is 0.499. The summed E-state index contributed by atoms with van der Waals surface area (Å²) in [4.78, 5) is 15.2.